The summed E-state index contributed by atoms with van der Waals surface area (Å²) in [5, 5.41) is 0. The van der Waals surface area contributed by atoms with Crippen LogP contribution in [0.4, 0.5) is 0 Å². The maximum absolute atomic E-state index is 12.9. The predicted molar refractivity (Wildman–Crippen MR) is 98.0 cm³/mol. The summed E-state index contributed by atoms with van der Waals surface area (Å²) in [5.74, 6) is 1.07. The first kappa shape index (κ1) is 18.6. The molecule has 0 bridgehead atoms. The van der Waals surface area contributed by atoms with Crippen LogP contribution in [0.5, 0.6) is 5.75 Å². The Kier molecular flexibility index (Phi) is 5.43. The number of aryl methyl sites for hydroxylation is 1. The second-order valence-corrected chi connectivity index (χ2v) is 8.29. The summed E-state index contributed by atoms with van der Waals surface area (Å²) in [4.78, 5) is 19.3. The number of hydrogen-bond acceptors (Lipinski definition) is 5. The molecule has 1 N–H and O–H groups in total. The molecule has 0 radical (unpaired) electrons. The maximum Gasteiger partial charge on any atom is 0.251 e. The first-order valence-electron chi connectivity index (χ1n) is 8.68. The average molecular weight is 377 g/mol. The molecule has 140 valence electrons. The van der Waals surface area contributed by atoms with Gasteiger partial charge in [0, 0.05) is 30.8 Å². The number of rotatable bonds is 5. The van der Waals surface area contributed by atoms with E-state index in [4.69, 9.17) is 4.74 Å². The molecule has 0 aliphatic carbocycles. The van der Waals surface area contributed by atoms with E-state index in [9.17, 15) is 13.2 Å². The van der Waals surface area contributed by atoms with Gasteiger partial charge in [0.1, 0.15) is 11.6 Å². The molecule has 2 heterocycles. The Labute approximate surface area is 153 Å². The van der Waals surface area contributed by atoms with Crippen LogP contribution in [0.2, 0.25) is 0 Å². The summed E-state index contributed by atoms with van der Waals surface area (Å²) < 4.78 is 32.5. The summed E-state index contributed by atoms with van der Waals surface area (Å²) in [6, 6.07) is 7.86. The minimum absolute atomic E-state index is 0.115. The van der Waals surface area contributed by atoms with Gasteiger partial charge in [-0.3, -0.25) is 4.79 Å². The Morgan fingerprint density at radius 3 is 2.69 bits per heavy atom. The topological polar surface area (TPSA) is 92.4 Å². The number of methoxy groups -OCH3 is 1. The largest absolute Gasteiger partial charge is 0.497 e. The molecular weight excluding hydrogens is 354 g/mol. The molecule has 1 saturated heterocycles. The molecule has 1 aliphatic heterocycles. The van der Waals surface area contributed by atoms with Gasteiger partial charge in [-0.2, -0.15) is 4.31 Å². The van der Waals surface area contributed by atoms with Crippen molar-refractivity contribution < 1.29 is 13.2 Å². The number of H-pyrrole nitrogens is 1. The third kappa shape index (κ3) is 3.81. The average Bonchev–Trinajstić information content (AvgIpc) is 2.67. The Morgan fingerprint density at radius 2 is 2.04 bits per heavy atom. The molecule has 1 aliphatic rings. The minimum atomic E-state index is -3.60. The Balaban J connectivity index is 1.85. The van der Waals surface area contributed by atoms with Crippen molar-refractivity contribution >= 4 is 10.0 Å². The van der Waals surface area contributed by atoms with Crippen LogP contribution in [0.1, 0.15) is 37.2 Å². The normalized spacial score (nSPS) is 18.6. The molecule has 2 aromatic rings. The monoisotopic (exact) mass is 377 g/mol. The number of benzene rings is 1. The second-order valence-electron chi connectivity index (χ2n) is 6.35. The highest BCUT2D eigenvalue weighted by Crippen LogP contribution is 2.29. The summed E-state index contributed by atoms with van der Waals surface area (Å²) in [7, 11) is -2.06. The van der Waals surface area contributed by atoms with Crippen LogP contribution >= 0.6 is 0 Å². The number of piperidine rings is 1. The number of ether oxygens (including phenoxy) is 1. The van der Waals surface area contributed by atoms with Gasteiger partial charge in [-0.05, 0) is 43.5 Å². The van der Waals surface area contributed by atoms with Crippen LogP contribution < -0.4 is 10.3 Å². The third-order valence-corrected chi connectivity index (χ3v) is 6.52. The fourth-order valence-electron chi connectivity index (χ4n) is 3.18. The fourth-order valence-corrected chi connectivity index (χ4v) is 4.71. The fraction of sp³-hybridized carbons (Fsp3) is 0.444. The van der Waals surface area contributed by atoms with Gasteiger partial charge < -0.3 is 9.72 Å². The number of aromatic amines is 1. The van der Waals surface area contributed by atoms with Crippen LogP contribution in [0.3, 0.4) is 0 Å². The highest BCUT2D eigenvalue weighted by molar-refractivity contribution is 7.89. The molecule has 3 rings (SSSR count). The Bertz CT molecular complexity index is 922. The van der Waals surface area contributed by atoms with Crippen LogP contribution in [0.25, 0.3) is 0 Å². The molecule has 0 saturated carbocycles. The number of sulfonamides is 1. The lowest BCUT2D eigenvalue weighted by Gasteiger charge is -2.31. The molecule has 7 nitrogen and oxygen atoms in total. The van der Waals surface area contributed by atoms with Gasteiger partial charge in [-0.15, -0.1) is 0 Å². The molecule has 1 fully saturated rings. The molecular formula is C18H23N3O4S. The Hall–Kier alpha value is -2.19. The number of nitrogens with zero attached hydrogens (tertiary/aromatic N) is 2. The molecule has 1 aromatic carbocycles. The lowest BCUT2D eigenvalue weighted by atomic mass is 9.98. The van der Waals surface area contributed by atoms with E-state index in [2.05, 4.69) is 9.97 Å². The van der Waals surface area contributed by atoms with Crippen molar-refractivity contribution in [1.29, 1.82) is 0 Å². The van der Waals surface area contributed by atoms with Gasteiger partial charge in [-0.1, -0.05) is 6.92 Å². The summed E-state index contributed by atoms with van der Waals surface area (Å²) in [5.41, 5.74) is 0.529. The maximum atomic E-state index is 12.9. The van der Waals surface area contributed by atoms with Crippen molar-refractivity contribution in [1.82, 2.24) is 14.3 Å². The first-order valence-corrected chi connectivity index (χ1v) is 10.1. The zero-order chi connectivity index (χ0) is 18.7. The lowest BCUT2D eigenvalue weighted by molar-refractivity contribution is 0.308. The van der Waals surface area contributed by atoms with Gasteiger partial charge in [0.15, 0.2) is 0 Å². The standard InChI is InChI=1S/C18H23N3O4S/c1-3-14-11-17(22)20-18(19-14)13-5-4-10-21(12-13)26(23,24)16-8-6-15(25-2)7-9-16/h6-9,11,13H,3-5,10,12H2,1-2H3,(H,19,20,22). The lowest BCUT2D eigenvalue weighted by Crippen LogP contribution is -2.39. The summed E-state index contributed by atoms with van der Waals surface area (Å²) in [6.45, 7) is 2.71. The zero-order valence-electron chi connectivity index (χ0n) is 14.9. The predicted octanol–water partition coefficient (Wildman–Crippen LogP) is 1.91. The van der Waals surface area contributed by atoms with Crippen molar-refractivity contribution in [3.8, 4) is 5.75 Å². The molecule has 1 unspecified atom stereocenters. The van der Waals surface area contributed by atoms with Crippen molar-refractivity contribution in [3.63, 3.8) is 0 Å². The van der Waals surface area contributed by atoms with E-state index in [0.29, 0.717) is 31.1 Å². The second kappa shape index (κ2) is 7.59. The molecule has 26 heavy (non-hydrogen) atoms. The molecule has 1 aromatic heterocycles. The van der Waals surface area contributed by atoms with Gasteiger partial charge in [0.05, 0.1) is 12.0 Å². The summed E-state index contributed by atoms with van der Waals surface area (Å²) >= 11 is 0. The number of aromatic nitrogens is 2. The van der Waals surface area contributed by atoms with E-state index >= 15 is 0 Å². The van der Waals surface area contributed by atoms with Crippen molar-refractivity contribution in [3.05, 3.63) is 52.2 Å². The first-order chi connectivity index (χ1) is 12.4. The quantitative estimate of drug-likeness (QED) is 0.859. The van der Waals surface area contributed by atoms with Crippen LogP contribution in [0, 0.1) is 0 Å². The molecule has 1 atom stereocenters. The van der Waals surface area contributed by atoms with E-state index in [1.54, 1.807) is 24.3 Å². The SMILES string of the molecule is CCc1cc(=O)[nH]c(C2CCCN(S(=O)(=O)c3ccc(OC)cc3)C2)n1. The van der Waals surface area contributed by atoms with Crippen molar-refractivity contribution in [2.24, 2.45) is 0 Å². The van der Waals surface area contributed by atoms with E-state index < -0.39 is 10.0 Å². The van der Waals surface area contributed by atoms with Gasteiger partial charge >= 0.3 is 0 Å². The van der Waals surface area contributed by atoms with Crippen LogP contribution in [0.15, 0.2) is 40.0 Å². The van der Waals surface area contributed by atoms with Gasteiger partial charge in [0.2, 0.25) is 10.0 Å². The smallest absolute Gasteiger partial charge is 0.251 e. The van der Waals surface area contributed by atoms with E-state index in [1.165, 1.54) is 17.5 Å². The van der Waals surface area contributed by atoms with Crippen LogP contribution in [-0.2, 0) is 16.4 Å². The van der Waals surface area contributed by atoms with Gasteiger partial charge in [-0.25, -0.2) is 13.4 Å². The highest BCUT2D eigenvalue weighted by atomic mass is 32.2. The molecule has 0 spiro atoms. The van der Waals surface area contributed by atoms with E-state index in [-0.39, 0.29) is 16.4 Å². The summed E-state index contributed by atoms with van der Waals surface area (Å²) in [6.07, 6.45) is 2.18. The number of nitrogens with one attached hydrogen (secondary N) is 1. The Morgan fingerprint density at radius 1 is 1.31 bits per heavy atom. The highest BCUT2D eigenvalue weighted by Gasteiger charge is 2.32. The third-order valence-electron chi connectivity index (χ3n) is 4.64. The van der Waals surface area contributed by atoms with Gasteiger partial charge in [0.25, 0.3) is 5.56 Å². The molecule has 8 heteroatoms. The van der Waals surface area contributed by atoms with Crippen LogP contribution in [-0.4, -0.2) is 42.9 Å². The van der Waals surface area contributed by atoms with Crippen molar-refractivity contribution in [2.45, 2.75) is 37.0 Å². The van der Waals surface area contributed by atoms with E-state index in [1.807, 2.05) is 6.92 Å². The van der Waals surface area contributed by atoms with Crippen molar-refractivity contribution in [2.75, 3.05) is 20.2 Å². The minimum Gasteiger partial charge on any atom is -0.497 e. The zero-order valence-corrected chi connectivity index (χ0v) is 15.8. The van der Waals surface area contributed by atoms with E-state index in [0.717, 1.165) is 18.5 Å². The number of hydrogen-bond donors (Lipinski definition) is 1. The molecule has 0 amide bonds.